The minimum absolute atomic E-state index is 0.0565. The minimum atomic E-state index is -1.21. The number of ether oxygens (including phenoxy) is 1. The fourth-order valence-electron chi connectivity index (χ4n) is 8.15. The van der Waals surface area contributed by atoms with E-state index in [9.17, 15) is 19.5 Å². The van der Waals surface area contributed by atoms with Crippen molar-refractivity contribution in [2.45, 2.75) is 88.0 Å². The number of fused-ring (bicyclic) bond motifs is 2. The second kappa shape index (κ2) is 11.4. The molecule has 1 spiro atoms. The van der Waals surface area contributed by atoms with Crippen molar-refractivity contribution in [3.8, 4) is 0 Å². The summed E-state index contributed by atoms with van der Waals surface area (Å²) in [5, 5.41) is 9.33. The summed E-state index contributed by atoms with van der Waals surface area (Å²) in [6.45, 7) is 3.40. The van der Waals surface area contributed by atoms with Crippen molar-refractivity contribution in [1.82, 2.24) is 9.80 Å². The van der Waals surface area contributed by atoms with Crippen molar-refractivity contribution in [2.24, 2.45) is 11.8 Å². The van der Waals surface area contributed by atoms with E-state index in [2.05, 4.69) is 0 Å². The van der Waals surface area contributed by atoms with Gasteiger partial charge in [0.2, 0.25) is 17.7 Å². The van der Waals surface area contributed by atoms with Crippen molar-refractivity contribution in [1.29, 1.82) is 0 Å². The highest BCUT2D eigenvalue weighted by Gasteiger charge is 2.75. The van der Waals surface area contributed by atoms with Gasteiger partial charge in [-0.3, -0.25) is 14.4 Å². The highest BCUT2D eigenvalue weighted by atomic mass is 16.5. The summed E-state index contributed by atoms with van der Waals surface area (Å²) < 4.78 is 7.10. The van der Waals surface area contributed by atoms with Crippen molar-refractivity contribution in [3.63, 3.8) is 0 Å². The van der Waals surface area contributed by atoms with Gasteiger partial charge in [-0.1, -0.05) is 68.7 Å². The number of aliphatic hydroxyl groups excluding tert-OH is 1. The lowest BCUT2D eigenvalue weighted by molar-refractivity contribution is -0.154. The Balaban J connectivity index is 1.43. The molecule has 4 heterocycles. The molecule has 1 unspecified atom stereocenters. The summed E-state index contributed by atoms with van der Waals surface area (Å²) in [7, 11) is 0. The zero-order valence-electron chi connectivity index (χ0n) is 24.1. The first-order valence-electron chi connectivity index (χ1n) is 15.6. The first kappa shape index (κ1) is 28.2. The van der Waals surface area contributed by atoms with Crippen LogP contribution in [-0.2, 0) is 19.1 Å². The maximum absolute atomic E-state index is 14.6. The number of aliphatic hydroxyl groups is 1. The van der Waals surface area contributed by atoms with Crippen LogP contribution in [0.1, 0.15) is 64.7 Å². The summed E-state index contributed by atoms with van der Waals surface area (Å²) in [6, 6.07) is 8.93. The van der Waals surface area contributed by atoms with Gasteiger partial charge < -0.3 is 24.5 Å². The molecular weight excluding hydrogens is 518 g/mol. The Morgan fingerprint density at radius 2 is 1.63 bits per heavy atom. The van der Waals surface area contributed by atoms with Crippen LogP contribution in [0.4, 0.5) is 5.69 Å². The predicted octanol–water partition coefficient (Wildman–Crippen LogP) is 3.84. The molecule has 0 bridgehead atoms. The van der Waals surface area contributed by atoms with Crippen LogP contribution < -0.4 is 4.90 Å². The molecule has 0 aromatic heterocycles. The molecule has 3 fully saturated rings. The van der Waals surface area contributed by atoms with Gasteiger partial charge in [-0.2, -0.15) is 0 Å². The summed E-state index contributed by atoms with van der Waals surface area (Å²) in [4.78, 5) is 49.2. The summed E-state index contributed by atoms with van der Waals surface area (Å²) in [5.74, 6) is -1.90. The number of carbonyl (C=O) groups excluding carboxylic acids is 3. The molecule has 1 N–H and O–H groups in total. The molecule has 0 radical (unpaired) electrons. The van der Waals surface area contributed by atoms with Gasteiger partial charge in [0.1, 0.15) is 11.6 Å². The highest BCUT2D eigenvalue weighted by molar-refractivity contribution is 6.04. The first-order chi connectivity index (χ1) is 20.0. The van der Waals surface area contributed by atoms with Crippen LogP contribution >= 0.6 is 0 Å². The number of unbranched alkanes of at least 4 members (excludes halogenated alkanes) is 2. The number of para-hydroxylation sites is 1. The van der Waals surface area contributed by atoms with Crippen molar-refractivity contribution in [3.05, 3.63) is 54.6 Å². The van der Waals surface area contributed by atoms with E-state index in [1.165, 1.54) is 6.42 Å². The zero-order valence-corrected chi connectivity index (χ0v) is 24.1. The number of likely N-dealkylation sites (tertiary alicyclic amines) is 1. The van der Waals surface area contributed by atoms with Crippen molar-refractivity contribution >= 4 is 23.4 Å². The van der Waals surface area contributed by atoms with Crippen molar-refractivity contribution < 1.29 is 24.2 Å². The number of amides is 3. The number of carbonyl (C=O) groups is 3. The van der Waals surface area contributed by atoms with Gasteiger partial charge in [-0.25, -0.2) is 0 Å². The van der Waals surface area contributed by atoms with Crippen molar-refractivity contribution in [2.75, 3.05) is 31.1 Å². The Bertz CT molecular complexity index is 1210. The molecule has 8 nitrogen and oxygen atoms in total. The van der Waals surface area contributed by atoms with Gasteiger partial charge in [-0.05, 0) is 50.7 Å². The molecule has 6 rings (SSSR count). The third-order valence-corrected chi connectivity index (χ3v) is 10.1. The van der Waals surface area contributed by atoms with E-state index < -0.39 is 29.1 Å². The lowest BCUT2D eigenvalue weighted by atomic mass is 9.73. The number of rotatable bonds is 8. The molecule has 4 aliphatic heterocycles. The van der Waals surface area contributed by atoms with E-state index in [0.29, 0.717) is 38.9 Å². The molecular formula is C33H43N3O5. The highest BCUT2D eigenvalue weighted by Crippen LogP contribution is 2.59. The quantitative estimate of drug-likeness (QED) is 0.385. The second-order valence-electron chi connectivity index (χ2n) is 12.3. The topological polar surface area (TPSA) is 90.4 Å². The number of anilines is 1. The number of benzene rings is 1. The Hall–Kier alpha value is -2.97. The molecule has 5 atom stereocenters. The Morgan fingerprint density at radius 1 is 0.878 bits per heavy atom. The summed E-state index contributed by atoms with van der Waals surface area (Å²) in [6.07, 6.45) is 15.9. The Kier molecular flexibility index (Phi) is 7.81. The van der Waals surface area contributed by atoms with Crippen LogP contribution in [0.2, 0.25) is 0 Å². The molecule has 220 valence electrons. The van der Waals surface area contributed by atoms with Gasteiger partial charge in [0.05, 0.1) is 17.4 Å². The van der Waals surface area contributed by atoms with E-state index in [4.69, 9.17) is 4.74 Å². The van der Waals surface area contributed by atoms with Gasteiger partial charge >= 0.3 is 0 Å². The van der Waals surface area contributed by atoms with E-state index in [1.54, 1.807) is 9.80 Å². The maximum atomic E-state index is 14.6. The van der Waals surface area contributed by atoms with Crippen LogP contribution in [-0.4, -0.2) is 82.2 Å². The van der Waals surface area contributed by atoms with Crippen LogP contribution in [0.15, 0.2) is 54.6 Å². The maximum Gasteiger partial charge on any atom is 0.249 e. The predicted molar refractivity (Wildman–Crippen MR) is 156 cm³/mol. The van der Waals surface area contributed by atoms with Crippen LogP contribution in [0, 0.1) is 11.8 Å². The molecule has 41 heavy (non-hydrogen) atoms. The molecule has 1 aromatic carbocycles. The zero-order chi connectivity index (χ0) is 28.6. The van der Waals surface area contributed by atoms with Gasteiger partial charge in [0.15, 0.2) is 0 Å². The lowest BCUT2D eigenvalue weighted by Crippen LogP contribution is -2.57. The molecule has 1 aliphatic carbocycles. The molecule has 5 aliphatic rings. The molecule has 1 aromatic rings. The average molecular weight is 562 g/mol. The standard InChI is InChI=1S/C33H43N3O5/c1-2-32-18-12-21-34(24-14-6-3-7-15-24)29(38)26(32)27-30(39)36(20-10-5-11-23-37)28-31(40)35(25-16-8-4-9-17-25)22-13-19-33(27,28)41-32/h3,6-7,12-15,18-19,25-28,37H,2,4-5,8-11,16-17,20-23H2,1H3/t26-,27-,28?,32+,33-/m0/s1. The van der Waals surface area contributed by atoms with Crippen LogP contribution in [0.3, 0.4) is 0 Å². The van der Waals surface area contributed by atoms with E-state index in [1.807, 2.05) is 66.5 Å². The summed E-state index contributed by atoms with van der Waals surface area (Å²) in [5.41, 5.74) is -1.41. The smallest absolute Gasteiger partial charge is 0.249 e. The molecule has 8 heteroatoms. The largest absolute Gasteiger partial charge is 0.396 e. The fourth-order valence-corrected chi connectivity index (χ4v) is 8.15. The third kappa shape index (κ3) is 4.54. The molecule has 1 saturated carbocycles. The monoisotopic (exact) mass is 561 g/mol. The second-order valence-corrected chi connectivity index (χ2v) is 12.3. The first-order valence-corrected chi connectivity index (χ1v) is 15.6. The van der Waals surface area contributed by atoms with Gasteiger partial charge in [0.25, 0.3) is 0 Å². The fraction of sp³-hybridized carbons (Fsp3) is 0.606. The van der Waals surface area contributed by atoms with Gasteiger partial charge in [0, 0.05) is 38.0 Å². The number of nitrogens with zero attached hydrogens (tertiary/aromatic N) is 3. The minimum Gasteiger partial charge on any atom is -0.396 e. The summed E-state index contributed by atoms with van der Waals surface area (Å²) >= 11 is 0. The average Bonchev–Trinajstić information content (AvgIpc) is 3.28. The number of hydrogen-bond acceptors (Lipinski definition) is 5. The normalized spacial score (nSPS) is 33.6. The van der Waals surface area contributed by atoms with E-state index in [0.717, 1.165) is 37.8 Å². The molecule has 3 amide bonds. The van der Waals surface area contributed by atoms with Gasteiger partial charge in [-0.15, -0.1) is 0 Å². The van der Waals surface area contributed by atoms with E-state index >= 15 is 0 Å². The Labute approximate surface area is 243 Å². The third-order valence-electron chi connectivity index (χ3n) is 10.1. The Morgan fingerprint density at radius 3 is 2.37 bits per heavy atom. The molecule has 2 saturated heterocycles. The lowest BCUT2D eigenvalue weighted by Gasteiger charge is -2.40. The van der Waals surface area contributed by atoms with Crippen LogP contribution in [0.25, 0.3) is 0 Å². The number of hydrogen-bond donors (Lipinski definition) is 1. The van der Waals surface area contributed by atoms with E-state index in [-0.39, 0.29) is 30.4 Å². The SMILES string of the molecule is CC[C@@]12C=CCN(c3ccccc3)C(=O)[C@@H]1[C@H]1C(=O)N(CCCCCO)C3C(=O)N(C4CCCCC4)CC=C[C@@]31O2. The van der Waals surface area contributed by atoms with Crippen LogP contribution in [0.5, 0.6) is 0 Å².